The lowest BCUT2D eigenvalue weighted by atomic mass is 10.1. The van der Waals surface area contributed by atoms with Gasteiger partial charge in [0.15, 0.2) is 0 Å². The Labute approximate surface area is 97.8 Å². The van der Waals surface area contributed by atoms with Gasteiger partial charge in [0.25, 0.3) is 0 Å². The van der Waals surface area contributed by atoms with E-state index in [9.17, 15) is 5.11 Å². The zero-order valence-electron chi connectivity index (χ0n) is 10.2. The second kappa shape index (κ2) is 8.39. The van der Waals surface area contributed by atoms with Gasteiger partial charge < -0.3 is 15.6 Å². The van der Waals surface area contributed by atoms with Crippen LogP contribution in [-0.4, -0.2) is 41.5 Å². The van der Waals surface area contributed by atoms with E-state index < -0.39 is 0 Å². The molecule has 92 valence electrons. The first-order valence-corrected chi connectivity index (χ1v) is 6.73. The van der Waals surface area contributed by atoms with Gasteiger partial charge in [-0.3, -0.25) is 0 Å². The van der Waals surface area contributed by atoms with E-state index in [1.807, 2.05) is 13.8 Å². The summed E-state index contributed by atoms with van der Waals surface area (Å²) in [6.45, 7) is 7.30. The van der Waals surface area contributed by atoms with Crippen LogP contribution in [0.4, 0.5) is 0 Å². The van der Waals surface area contributed by atoms with Gasteiger partial charge in [-0.05, 0) is 20.3 Å². The minimum Gasteiger partial charge on any atom is -0.390 e. The Morgan fingerprint density at radius 2 is 2.13 bits per heavy atom. The summed E-state index contributed by atoms with van der Waals surface area (Å²) in [6.07, 6.45) is 1.83. The molecule has 1 atom stereocenters. The van der Waals surface area contributed by atoms with E-state index in [0.29, 0.717) is 12.4 Å². The number of aliphatic hydroxyl groups is 1. The maximum atomic E-state index is 9.56. The normalized spacial score (nSPS) is 14.2. The number of hydrogen-bond acceptors (Lipinski definition) is 4. The third kappa shape index (κ3) is 12.2. The molecule has 0 aliphatic rings. The average molecular weight is 235 g/mol. The molecule has 3 nitrogen and oxygen atoms in total. The largest absolute Gasteiger partial charge is 0.390 e. The van der Waals surface area contributed by atoms with Crippen LogP contribution in [0.25, 0.3) is 0 Å². The van der Waals surface area contributed by atoms with Crippen LogP contribution in [0.5, 0.6) is 0 Å². The SMILES string of the molecule is CCCCOCC(O)CSCC(C)(C)N. The topological polar surface area (TPSA) is 55.5 Å². The smallest absolute Gasteiger partial charge is 0.0863 e. The van der Waals surface area contributed by atoms with Gasteiger partial charge in [-0.2, -0.15) is 11.8 Å². The molecule has 3 N–H and O–H groups in total. The average Bonchev–Trinajstić information content (AvgIpc) is 2.10. The standard InChI is InChI=1S/C11H25NO2S/c1-4-5-6-14-7-10(13)8-15-9-11(2,3)12/h10,13H,4-9,12H2,1-3H3. The van der Waals surface area contributed by atoms with Crippen LogP contribution in [-0.2, 0) is 4.74 Å². The third-order valence-electron chi connectivity index (χ3n) is 1.74. The van der Waals surface area contributed by atoms with E-state index in [0.717, 1.165) is 25.2 Å². The van der Waals surface area contributed by atoms with E-state index in [-0.39, 0.29) is 11.6 Å². The Kier molecular flexibility index (Phi) is 8.52. The van der Waals surface area contributed by atoms with Gasteiger partial charge in [-0.1, -0.05) is 13.3 Å². The molecule has 0 aromatic carbocycles. The monoisotopic (exact) mass is 235 g/mol. The van der Waals surface area contributed by atoms with Gasteiger partial charge in [0.05, 0.1) is 12.7 Å². The molecule has 4 heteroatoms. The highest BCUT2D eigenvalue weighted by Gasteiger charge is 2.12. The lowest BCUT2D eigenvalue weighted by Crippen LogP contribution is -2.35. The van der Waals surface area contributed by atoms with Crippen LogP contribution < -0.4 is 5.73 Å². The third-order valence-corrected chi connectivity index (χ3v) is 3.31. The van der Waals surface area contributed by atoms with E-state index in [4.69, 9.17) is 10.5 Å². The van der Waals surface area contributed by atoms with Crippen molar-refractivity contribution in [3.05, 3.63) is 0 Å². The predicted molar refractivity (Wildman–Crippen MR) is 67.3 cm³/mol. The van der Waals surface area contributed by atoms with Crippen LogP contribution in [0.15, 0.2) is 0 Å². The molecule has 0 fully saturated rings. The minimum atomic E-state index is -0.366. The number of rotatable bonds is 9. The lowest BCUT2D eigenvalue weighted by molar-refractivity contribution is 0.0473. The molecular formula is C11H25NO2S. The molecule has 1 unspecified atom stereocenters. The highest BCUT2D eigenvalue weighted by molar-refractivity contribution is 7.99. The van der Waals surface area contributed by atoms with E-state index in [1.54, 1.807) is 11.8 Å². The molecule has 0 saturated carbocycles. The summed E-state index contributed by atoms with van der Waals surface area (Å²) in [5.41, 5.74) is 5.67. The van der Waals surface area contributed by atoms with Crippen LogP contribution in [0.3, 0.4) is 0 Å². The first-order chi connectivity index (χ1) is 6.95. The summed E-state index contributed by atoms with van der Waals surface area (Å²) < 4.78 is 5.32. The van der Waals surface area contributed by atoms with Gasteiger partial charge in [-0.25, -0.2) is 0 Å². The summed E-state index contributed by atoms with van der Waals surface area (Å²) in [7, 11) is 0. The maximum Gasteiger partial charge on any atom is 0.0863 e. The molecule has 0 saturated heterocycles. The summed E-state index contributed by atoms with van der Waals surface area (Å²) >= 11 is 1.68. The van der Waals surface area contributed by atoms with Gasteiger partial charge in [0, 0.05) is 23.7 Å². The summed E-state index contributed by atoms with van der Waals surface area (Å²) in [5.74, 6) is 1.56. The second-order valence-electron chi connectivity index (χ2n) is 4.59. The quantitative estimate of drug-likeness (QED) is 0.597. The van der Waals surface area contributed by atoms with Crippen molar-refractivity contribution in [3.8, 4) is 0 Å². The van der Waals surface area contributed by atoms with Crippen molar-refractivity contribution in [1.82, 2.24) is 0 Å². The fraction of sp³-hybridized carbons (Fsp3) is 1.00. The van der Waals surface area contributed by atoms with Crippen LogP contribution in [0.2, 0.25) is 0 Å². The molecule has 0 spiro atoms. The number of aliphatic hydroxyl groups excluding tert-OH is 1. The zero-order valence-corrected chi connectivity index (χ0v) is 11.0. The fourth-order valence-corrected chi connectivity index (χ4v) is 1.98. The van der Waals surface area contributed by atoms with E-state index >= 15 is 0 Å². The van der Waals surface area contributed by atoms with Crippen molar-refractivity contribution in [2.24, 2.45) is 5.73 Å². The highest BCUT2D eigenvalue weighted by atomic mass is 32.2. The number of thioether (sulfide) groups is 1. The molecule has 0 radical (unpaired) electrons. The molecule has 0 bridgehead atoms. The molecule has 0 aliphatic heterocycles. The minimum absolute atomic E-state index is 0.159. The predicted octanol–water partition coefficient (Wildman–Crippen LogP) is 1.63. The van der Waals surface area contributed by atoms with E-state index in [2.05, 4.69) is 6.92 Å². The summed E-state index contributed by atoms with van der Waals surface area (Å²) in [6, 6.07) is 0. The van der Waals surface area contributed by atoms with Crippen molar-refractivity contribution in [1.29, 1.82) is 0 Å². The molecule has 0 heterocycles. The molecule has 0 amide bonds. The molecule has 0 aromatic rings. The van der Waals surface area contributed by atoms with Gasteiger partial charge in [-0.15, -0.1) is 0 Å². The molecule has 0 aromatic heterocycles. The molecule has 0 aliphatic carbocycles. The van der Waals surface area contributed by atoms with Crippen molar-refractivity contribution < 1.29 is 9.84 Å². The molecular weight excluding hydrogens is 210 g/mol. The number of nitrogens with two attached hydrogens (primary N) is 1. The van der Waals surface area contributed by atoms with Gasteiger partial charge in [0.1, 0.15) is 0 Å². The Morgan fingerprint density at radius 1 is 1.47 bits per heavy atom. The number of hydrogen-bond donors (Lipinski definition) is 2. The summed E-state index contributed by atoms with van der Waals surface area (Å²) in [5, 5.41) is 9.56. The zero-order chi connectivity index (χ0) is 11.7. The lowest BCUT2D eigenvalue weighted by Gasteiger charge is -2.18. The molecule has 15 heavy (non-hydrogen) atoms. The van der Waals surface area contributed by atoms with E-state index in [1.165, 1.54) is 0 Å². The second-order valence-corrected chi connectivity index (χ2v) is 5.62. The number of ether oxygens (including phenoxy) is 1. The Bertz CT molecular complexity index is 148. The number of unbranched alkanes of at least 4 members (excludes halogenated alkanes) is 1. The van der Waals surface area contributed by atoms with Crippen molar-refractivity contribution >= 4 is 11.8 Å². The maximum absolute atomic E-state index is 9.56. The Hall–Kier alpha value is 0.230. The summed E-state index contributed by atoms with van der Waals surface area (Å²) in [4.78, 5) is 0. The van der Waals surface area contributed by atoms with Crippen LogP contribution in [0.1, 0.15) is 33.6 Å². The van der Waals surface area contributed by atoms with Crippen molar-refractivity contribution in [3.63, 3.8) is 0 Å². The Balaban J connectivity index is 3.29. The van der Waals surface area contributed by atoms with Gasteiger partial charge in [0.2, 0.25) is 0 Å². The highest BCUT2D eigenvalue weighted by Crippen LogP contribution is 2.11. The Morgan fingerprint density at radius 3 is 2.67 bits per heavy atom. The van der Waals surface area contributed by atoms with Crippen molar-refractivity contribution in [2.45, 2.75) is 45.3 Å². The fourth-order valence-electron chi connectivity index (χ4n) is 0.972. The van der Waals surface area contributed by atoms with Crippen molar-refractivity contribution in [2.75, 3.05) is 24.7 Å². The van der Waals surface area contributed by atoms with Crippen LogP contribution in [0, 0.1) is 0 Å². The first-order valence-electron chi connectivity index (χ1n) is 5.58. The van der Waals surface area contributed by atoms with Gasteiger partial charge >= 0.3 is 0 Å². The first kappa shape index (κ1) is 15.2. The van der Waals surface area contributed by atoms with Crippen LogP contribution >= 0.6 is 11.8 Å². The molecule has 0 rings (SSSR count).